The van der Waals surface area contributed by atoms with Crippen LogP contribution < -0.4 is 4.74 Å². The van der Waals surface area contributed by atoms with E-state index in [4.69, 9.17) is 20.8 Å². The van der Waals surface area contributed by atoms with E-state index in [2.05, 4.69) is 0 Å². The second-order valence-electron chi connectivity index (χ2n) is 4.24. The summed E-state index contributed by atoms with van der Waals surface area (Å²) in [6.45, 7) is 0.251. The molecule has 1 aromatic heterocycles. The zero-order chi connectivity index (χ0) is 14.7. The normalized spacial score (nSPS) is 10.4. The van der Waals surface area contributed by atoms with E-state index in [-0.39, 0.29) is 29.0 Å². The van der Waals surface area contributed by atoms with Gasteiger partial charge >= 0.3 is 0 Å². The molecule has 0 unspecified atom stereocenters. The highest BCUT2D eigenvalue weighted by Gasteiger charge is 2.18. The van der Waals surface area contributed by atoms with Crippen LogP contribution in [0, 0.1) is 5.82 Å². The fraction of sp³-hybridized carbons (Fsp3) is 0.214. The molecule has 0 bridgehead atoms. The zero-order valence-electron chi connectivity index (χ0n) is 11.0. The van der Waals surface area contributed by atoms with E-state index in [0.717, 1.165) is 0 Å². The fourth-order valence-corrected chi connectivity index (χ4v) is 2.00. The van der Waals surface area contributed by atoms with Gasteiger partial charge in [0, 0.05) is 13.6 Å². The van der Waals surface area contributed by atoms with Gasteiger partial charge in [0.1, 0.15) is 0 Å². The molecule has 0 fully saturated rings. The lowest BCUT2D eigenvalue weighted by atomic mass is 10.2. The topological polar surface area (TPSA) is 42.7 Å². The van der Waals surface area contributed by atoms with Gasteiger partial charge in [-0.2, -0.15) is 0 Å². The molecular weight excluding hydrogens is 285 g/mol. The minimum atomic E-state index is -0.466. The SMILES string of the molecule is COc1ccc(CN(C)C(=O)c2ccoc2Cl)cc1F. The summed E-state index contributed by atoms with van der Waals surface area (Å²) < 4.78 is 23.3. The summed E-state index contributed by atoms with van der Waals surface area (Å²) in [4.78, 5) is 13.5. The third-order valence-electron chi connectivity index (χ3n) is 2.83. The van der Waals surface area contributed by atoms with Crippen molar-refractivity contribution >= 4 is 17.5 Å². The van der Waals surface area contributed by atoms with Crippen LogP contribution in [0.2, 0.25) is 5.22 Å². The number of halogens is 2. The Kier molecular flexibility index (Phi) is 4.29. The smallest absolute Gasteiger partial charge is 0.258 e. The first kappa shape index (κ1) is 14.4. The van der Waals surface area contributed by atoms with Gasteiger partial charge in [0.05, 0.1) is 18.9 Å². The van der Waals surface area contributed by atoms with E-state index in [1.807, 2.05) is 0 Å². The van der Waals surface area contributed by atoms with Crippen molar-refractivity contribution in [3.05, 3.63) is 52.7 Å². The number of methoxy groups -OCH3 is 1. The molecule has 2 aromatic rings. The van der Waals surface area contributed by atoms with Gasteiger partial charge < -0.3 is 14.1 Å². The number of furan rings is 1. The largest absolute Gasteiger partial charge is 0.494 e. The summed E-state index contributed by atoms with van der Waals surface area (Å²) in [5.74, 6) is -0.590. The van der Waals surface area contributed by atoms with Crippen molar-refractivity contribution in [2.24, 2.45) is 0 Å². The third kappa shape index (κ3) is 2.93. The number of hydrogen-bond donors (Lipinski definition) is 0. The molecule has 0 saturated carbocycles. The number of rotatable bonds is 4. The van der Waals surface area contributed by atoms with Crippen LogP contribution in [0.5, 0.6) is 5.75 Å². The fourth-order valence-electron chi connectivity index (χ4n) is 1.81. The number of hydrogen-bond acceptors (Lipinski definition) is 3. The Labute approximate surface area is 120 Å². The zero-order valence-corrected chi connectivity index (χ0v) is 11.8. The molecule has 0 N–H and O–H groups in total. The number of carbonyl (C=O) groups excluding carboxylic acids is 1. The van der Waals surface area contributed by atoms with Gasteiger partial charge in [0.25, 0.3) is 5.91 Å². The lowest BCUT2D eigenvalue weighted by Gasteiger charge is -2.17. The second kappa shape index (κ2) is 5.96. The van der Waals surface area contributed by atoms with Crippen molar-refractivity contribution in [3.63, 3.8) is 0 Å². The Hall–Kier alpha value is -2.01. The molecule has 20 heavy (non-hydrogen) atoms. The monoisotopic (exact) mass is 297 g/mol. The van der Waals surface area contributed by atoms with E-state index in [1.54, 1.807) is 13.1 Å². The highest BCUT2D eigenvalue weighted by atomic mass is 35.5. The van der Waals surface area contributed by atoms with Crippen molar-refractivity contribution in [2.75, 3.05) is 14.2 Å². The molecule has 1 heterocycles. The highest BCUT2D eigenvalue weighted by Crippen LogP contribution is 2.21. The quantitative estimate of drug-likeness (QED) is 0.869. The van der Waals surface area contributed by atoms with Crippen LogP contribution in [0.25, 0.3) is 0 Å². The molecule has 1 aromatic carbocycles. The molecule has 0 radical (unpaired) electrons. The van der Waals surface area contributed by atoms with Crippen molar-refractivity contribution in [2.45, 2.75) is 6.54 Å². The number of nitrogens with zero attached hydrogens (tertiary/aromatic N) is 1. The summed E-state index contributed by atoms with van der Waals surface area (Å²) in [5, 5.41) is 0.0442. The van der Waals surface area contributed by atoms with Gasteiger partial charge in [-0.25, -0.2) is 4.39 Å². The minimum absolute atomic E-state index is 0.0442. The van der Waals surface area contributed by atoms with Crippen LogP contribution in [0.1, 0.15) is 15.9 Å². The molecule has 106 valence electrons. The Morgan fingerprint density at radius 3 is 2.75 bits per heavy atom. The maximum atomic E-state index is 13.6. The van der Waals surface area contributed by atoms with Crippen LogP contribution in [-0.4, -0.2) is 25.0 Å². The summed E-state index contributed by atoms with van der Waals surface area (Å²) >= 11 is 5.76. The van der Waals surface area contributed by atoms with Crippen LogP contribution in [0.3, 0.4) is 0 Å². The average Bonchev–Trinajstić information content (AvgIpc) is 2.84. The Morgan fingerprint density at radius 2 is 2.20 bits per heavy atom. The predicted molar refractivity (Wildman–Crippen MR) is 72.5 cm³/mol. The van der Waals surface area contributed by atoms with Crippen molar-refractivity contribution < 1.29 is 18.3 Å². The first-order valence-electron chi connectivity index (χ1n) is 5.83. The maximum Gasteiger partial charge on any atom is 0.258 e. The van der Waals surface area contributed by atoms with Gasteiger partial charge in [-0.3, -0.25) is 4.79 Å². The third-order valence-corrected chi connectivity index (χ3v) is 3.12. The van der Waals surface area contributed by atoms with E-state index in [1.165, 1.54) is 36.5 Å². The standard InChI is InChI=1S/C14H13ClFNO3/c1-17(14(18)10-5-6-20-13(10)15)8-9-3-4-12(19-2)11(16)7-9/h3-7H,8H2,1-2H3. The molecule has 4 nitrogen and oxygen atoms in total. The van der Waals surface area contributed by atoms with E-state index >= 15 is 0 Å². The first-order valence-corrected chi connectivity index (χ1v) is 6.21. The van der Waals surface area contributed by atoms with Crippen LogP contribution in [-0.2, 0) is 6.54 Å². The molecule has 0 atom stereocenters. The molecule has 0 spiro atoms. The predicted octanol–water partition coefficient (Wildman–Crippen LogP) is 3.35. The van der Waals surface area contributed by atoms with Gasteiger partial charge in [0.15, 0.2) is 11.6 Å². The Morgan fingerprint density at radius 1 is 1.45 bits per heavy atom. The maximum absolute atomic E-state index is 13.6. The van der Waals surface area contributed by atoms with E-state index in [9.17, 15) is 9.18 Å². The van der Waals surface area contributed by atoms with Crippen molar-refractivity contribution in [1.82, 2.24) is 4.90 Å². The summed E-state index contributed by atoms with van der Waals surface area (Å²) in [5.41, 5.74) is 0.932. The van der Waals surface area contributed by atoms with Gasteiger partial charge in [0.2, 0.25) is 5.22 Å². The number of amides is 1. The minimum Gasteiger partial charge on any atom is -0.494 e. The molecule has 0 aliphatic carbocycles. The molecule has 0 aliphatic rings. The van der Waals surface area contributed by atoms with Crippen molar-refractivity contribution in [1.29, 1.82) is 0 Å². The lowest BCUT2D eigenvalue weighted by molar-refractivity contribution is 0.0784. The average molecular weight is 298 g/mol. The molecule has 2 rings (SSSR count). The lowest BCUT2D eigenvalue weighted by Crippen LogP contribution is -2.26. The van der Waals surface area contributed by atoms with Gasteiger partial charge in [-0.1, -0.05) is 6.07 Å². The number of benzene rings is 1. The molecule has 6 heteroatoms. The second-order valence-corrected chi connectivity index (χ2v) is 4.58. The molecular formula is C14H13ClFNO3. The Balaban J connectivity index is 2.12. The van der Waals surface area contributed by atoms with E-state index < -0.39 is 5.82 Å². The van der Waals surface area contributed by atoms with Crippen molar-refractivity contribution in [3.8, 4) is 5.75 Å². The number of carbonyl (C=O) groups is 1. The van der Waals surface area contributed by atoms with Crippen LogP contribution >= 0.6 is 11.6 Å². The molecule has 1 amide bonds. The van der Waals surface area contributed by atoms with Gasteiger partial charge in [-0.15, -0.1) is 0 Å². The van der Waals surface area contributed by atoms with Crippen LogP contribution in [0.4, 0.5) is 4.39 Å². The molecule has 0 saturated heterocycles. The summed E-state index contributed by atoms with van der Waals surface area (Å²) in [6, 6.07) is 6.05. The highest BCUT2D eigenvalue weighted by molar-refractivity contribution is 6.32. The van der Waals surface area contributed by atoms with E-state index in [0.29, 0.717) is 5.56 Å². The summed E-state index contributed by atoms with van der Waals surface area (Å²) in [7, 11) is 3.00. The van der Waals surface area contributed by atoms with Gasteiger partial charge in [-0.05, 0) is 35.4 Å². The first-order chi connectivity index (χ1) is 9.52. The molecule has 0 aliphatic heterocycles. The number of ether oxygens (including phenoxy) is 1. The Bertz CT molecular complexity index is 627. The van der Waals surface area contributed by atoms with Crippen LogP contribution in [0.15, 0.2) is 34.9 Å². The summed E-state index contributed by atoms with van der Waals surface area (Å²) in [6.07, 6.45) is 1.34.